The van der Waals surface area contributed by atoms with Gasteiger partial charge in [0.2, 0.25) is 0 Å². The molecule has 5 heteroatoms. The Balaban J connectivity index is 2.53. The first-order valence-electron chi connectivity index (χ1n) is 5.36. The monoisotopic (exact) mass is 328 g/mol. The topological polar surface area (TPSA) is 17.1 Å². The maximum Gasteiger partial charge on any atom is 0.194 e. The van der Waals surface area contributed by atoms with E-state index >= 15 is 0 Å². The molecule has 0 heterocycles. The van der Waals surface area contributed by atoms with Gasteiger partial charge in [-0.25, -0.2) is 13.2 Å². The van der Waals surface area contributed by atoms with Crippen molar-refractivity contribution in [3.63, 3.8) is 0 Å². The van der Waals surface area contributed by atoms with E-state index in [0.29, 0.717) is 5.56 Å². The van der Waals surface area contributed by atoms with Crippen LogP contribution < -0.4 is 0 Å². The molecule has 2 rings (SSSR count). The Hall–Kier alpha value is -1.62. The molecule has 0 atom stereocenters. The molecule has 0 radical (unpaired) electrons. The first-order valence-corrected chi connectivity index (χ1v) is 6.15. The number of aryl methyl sites for hydroxylation is 1. The highest BCUT2D eigenvalue weighted by molar-refractivity contribution is 9.10. The van der Waals surface area contributed by atoms with Crippen LogP contribution in [-0.4, -0.2) is 5.78 Å². The Morgan fingerprint density at radius 1 is 1.05 bits per heavy atom. The predicted octanol–water partition coefficient (Wildman–Crippen LogP) is 4.41. The van der Waals surface area contributed by atoms with Crippen molar-refractivity contribution >= 4 is 21.7 Å². The lowest BCUT2D eigenvalue weighted by Crippen LogP contribution is -2.06. The fourth-order valence-corrected chi connectivity index (χ4v) is 2.23. The Morgan fingerprint density at radius 3 is 2.32 bits per heavy atom. The van der Waals surface area contributed by atoms with E-state index in [-0.39, 0.29) is 15.6 Å². The van der Waals surface area contributed by atoms with E-state index in [2.05, 4.69) is 15.9 Å². The van der Waals surface area contributed by atoms with Gasteiger partial charge in [-0.05, 0) is 58.7 Å². The molecular formula is C14H8BrF3O. The number of carbonyl (C=O) groups is 1. The summed E-state index contributed by atoms with van der Waals surface area (Å²) in [4.78, 5) is 12.2. The highest BCUT2D eigenvalue weighted by Crippen LogP contribution is 2.26. The molecule has 0 saturated carbocycles. The molecule has 0 spiro atoms. The van der Waals surface area contributed by atoms with E-state index in [9.17, 15) is 18.0 Å². The van der Waals surface area contributed by atoms with E-state index < -0.39 is 23.2 Å². The number of hydrogen-bond acceptors (Lipinski definition) is 1. The molecule has 0 aliphatic heterocycles. The van der Waals surface area contributed by atoms with Gasteiger partial charge in [-0.1, -0.05) is 0 Å². The normalized spacial score (nSPS) is 10.6. The van der Waals surface area contributed by atoms with Gasteiger partial charge in [-0.2, -0.15) is 0 Å². The van der Waals surface area contributed by atoms with Gasteiger partial charge in [0.1, 0.15) is 5.82 Å². The van der Waals surface area contributed by atoms with Gasteiger partial charge >= 0.3 is 0 Å². The van der Waals surface area contributed by atoms with Gasteiger partial charge in [0, 0.05) is 11.1 Å². The summed E-state index contributed by atoms with van der Waals surface area (Å²) in [7, 11) is 0. The van der Waals surface area contributed by atoms with E-state index in [0.717, 1.165) is 12.1 Å². The van der Waals surface area contributed by atoms with Crippen LogP contribution in [0.25, 0.3) is 0 Å². The molecule has 0 aliphatic rings. The van der Waals surface area contributed by atoms with Gasteiger partial charge in [0.05, 0.1) is 4.47 Å². The number of rotatable bonds is 2. The second kappa shape index (κ2) is 5.17. The van der Waals surface area contributed by atoms with Gasteiger partial charge in [-0.3, -0.25) is 4.79 Å². The third-order valence-electron chi connectivity index (χ3n) is 2.71. The van der Waals surface area contributed by atoms with Crippen LogP contribution in [-0.2, 0) is 0 Å². The summed E-state index contributed by atoms with van der Waals surface area (Å²) in [5.41, 5.74) is 0.670. The molecule has 1 nitrogen and oxygen atoms in total. The second-order valence-corrected chi connectivity index (χ2v) is 4.80. The number of hydrogen-bond donors (Lipinski definition) is 0. The molecule has 0 unspecified atom stereocenters. The van der Waals surface area contributed by atoms with E-state index in [1.54, 1.807) is 6.92 Å². The van der Waals surface area contributed by atoms with Crippen molar-refractivity contribution in [1.82, 2.24) is 0 Å². The summed E-state index contributed by atoms with van der Waals surface area (Å²) in [6.07, 6.45) is 0. The molecular weight excluding hydrogens is 321 g/mol. The van der Waals surface area contributed by atoms with Gasteiger partial charge in [-0.15, -0.1) is 0 Å². The van der Waals surface area contributed by atoms with Crippen molar-refractivity contribution in [2.24, 2.45) is 0 Å². The van der Waals surface area contributed by atoms with Crippen LogP contribution in [0.15, 0.2) is 34.8 Å². The average Bonchev–Trinajstić information content (AvgIpc) is 2.35. The van der Waals surface area contributed by atoms with Gasteiger partial charge in [0.25, 0.3) is 0 Å². The lowest BCUT2D eigenvalue weighted by molar-refractivity contribution is 0.103. The molecule has 0 aromatic heterocycles. The van der Waals surface area contributed by atoms with Gasteiger partial charge in [0.15, 0.2) is 17.4 Å². The van der Waals surface area contributed by atoms with Crippen LogP contribution in [0.3, 0.4) is 0 Å². The molecule has 0 bridgehead atoms. The zero-order chi connectivity index (χ0) is 14.2. The average molecular weight is 329 g/mol. The quantitative estimate of drug-likeness (QED) is 0.589. The van der Waals surface area contributed by atoms with Crippen molar-refractivity contribution < 1.29 is 18.0 Å². The zero-order valence-electron chi connectivity index (χ0n) is 9.81. The summed E-state index contributed by atoms with van der Waals surface area (Å²) in [5.74, 6) is -3.12. The lowest BCUT2D eigenvalue weighted by atomic mass is 9.99. The molecule has 2 aromatic rings. The first-order chi connectivity index (χ1) is 8.91. The van der Waals surface area contributed by atoms with Crippen LogP contribution in [0, 0.1) is 24.4 Å². The van der Waals surface area contributed by atoms with Crippen LogP contribution in [0.1, 0.15) is 21.5 Å². The summed E-state index contributed by atoms with van der Waals surface area (Å²) in [5, 5.41) is 0. The van der Waals surface area contributed by atoms with Crippen molar-refractivity contribution in [3.05, 3.63) is 68.9 Å². The van der Waals surface area contributed by atoms with E-state index in [4.69, 9.17) is 0 Å². The fourth-order valence-electron chi connectivity index (χ4n) is 1.73. The Morgan fingerprint density at radius 2 is 1.68 bits per heavy atom. The minimum atomic E-state index is -1.12. The molecule has 0 aliphatic carbocycles. The number of ketones is 1. The number of halogens is 4. The minimum Gasteiger partial charge on any atom is -0.289 e. The first kappa shape index (κ1) is 13.8. The molecule has 19 heavy (non-hydrogen) atoms. The third-order valence-corrected chi connectivity index (χ3v) is 3.49. The minimum absolute atomic E-state index is 0.00592. The molecule has 2 aromatic carbocycles. The molecule has 0 saturated heterocycles. The van der Waals surface area contributed by atoms with Crippen molar-refractivity contribution in [1.29, 1.82) is 0 Å². The van der Waals surface area contributed by atoms with Crippen LogP contribution >= 0.6 is 15.9 Å². The lowest BCUT2D eigenvalue weighted by Gasteiger charge is -2.08. The molecule has 0 N–H and O–H groups in total. The van der Waals surface area contributed by atoms with Gasteiger partial charge < -0.3 is 0 Å². The summed E-state index contributed by atoms with van der Waals surface area (Å²) in [6, 6.07) is 5.75. The van der Waals surface area contributed by atoms with E-state index in [1.165, 1.54) is 18.2 Å². The molecule has 0 fully saturated rings. The van der Waals surface area contributed by atoms with Crippen molar-refractivity contribution in [2.75, 3.05) is 0 Å². The van der Waals surface area contributed by atoms with Crippen LogP contribution in [0.5, 0.6) is 0 Å². The molecule has 0 amide bonds. The van der Waals surface area contributed by atoms with Crippen LogP contribution in [0.2, 0.25) is 0 Å². The second-order valence-electron chi connectivity index (χ2n) is 4.01. The maximum absolute atomic E-state index is 13.4. The zero-order valence-corrected chi connectivity index (χ0v) is 11.4. The highest BCUT2D eigenvalue weighted by Gasteiger charge is 2.19. The number of carbonyl (C=O) groups excluding carboxylic acids is 1. The summed E-state index contributed by atoms with van der Waals surface area (Å²) >= 11 is 2.86. The highest BCUT2D eigenvalue weighted by atomic mass is 79.9. The summed E-state index contributed by atoms with van der Waals surface area (Å²) < 4.78 is 39.1. The SMILES string of the molecule is Cc1cc(F)ccc1C(=O)c1ccc(F)c(F)c1Br. The maximum atomic E-state index is 13.4. The van der Waals surface area contributed by atoms with Crippen molar-refractivity contribution in [3.8, 4) is 0 Å². The standard InChI is InChI=1S/C14H8BrF3O/c1-7-6-8(16)2-3-9(7)14(19)10-4-5-11(17)13(18)12(10)15/h2-6H,1H3. The summed E-state index contributed by atoms with van der Waals surface area (Å²) in [6.45, 7) is 1.57. The third kappa shape index (κ3) is 2.56. The smallest absolute Gasteiger partial charge is 0.194 e. The number of benzene rings is 2. The Labute approximate surface area is 116 Å². The van der Waals surface area contributed by atoms with Crippen LogP contribution in [0.4, 0.5) is 13.2 Å². The molecule has 98 valence electrons. The predicted molar refractivity (Wildman–Crippen MR) is 68.6 cm³/mol. The van der Waals surface area contributed by atoms with Crippen molar-refractivity contribution in [2.45, 2.75) is 6.92 Å². The fraction of sp³-hybridized carbons (Fsp3) is 0.0714. The Bertz CT molecular complexity index is 668. The largest absolute Gasteiger partial charge is 0.289 e. The van der Waals surface area contributed by atoms with E-state index in [1.807, 2.05) is 0 Å². The Kier molecular flexibility index (Phi) is 3.75.